The average molecular weight is 155 g/mol. The van der Waals surface area contributed by atoms with E-state index in [9.17, 15) is 4.79 Å². The highest BCUT2D eigenvalue weighted by Gasteiger charge is 2.04. The average Bonchev–Trinajstić information content (AvgIpc) is 2.28. The zero-order chi connectivity index (χ0) is 8.43. The predicted octanol–water partition coefficient (Wildman–Crippen LogP) is 0.164. The van der Waals surface area contributed by atoms with Crippen molar-refractivity contribution in [3.63, 3.8) is 0 Å². The maximum Gasteiger partial charge on any atom is 0.363 e. The molecule has 0 fully saturated rings. The van der Waals surface area contributed by atoms with Crippen molar-refractivity contribution < 1.29 is 0 Å². The molecule has 0 aliphatic heterocycles. The molecule has 0 N–H and O–H groups in total. The lowest BCUT2D eigenvalue weighted by Crippen LogP contribution is -2.19. The normalized spacial score (nSPS) is 10.5. The number of hydrogen-bond acceptors (Lipinski definition) is 2. The summed E-state index contributed by atoms with van der Waals surface area (Å²) in [5.41, 5.74) is -0.163. The molecule has 1 aromatic heterocycles. The fourth-order valence-corrected chi connectivity index (χ4v) is 1.17. The summed E-state index contributed by atoms with van der Waals surface area (Å²) < 4.78 is 3.42. The third kappa shape index (κ3) is 1.20. The van der Waals surface area contributed by atoms with Gasteiger partial charge in [0, 0.05) is 20.0 Å². The van der Waals surface area contributed by atoms with Gasteiger partial charge in [0.25, 0.3) is 0 Å². The van der Waals surface area contributed by atoms with E-state index in [1.54, 1.807) is 11.7 Å². The van der Waals surface area contributed by atoms with E-state index in [4.69, 9.17) is 0 Å². The van der Waals surface area contributed by atoms with Gasteiger partial charge in [0.1, 0.15) is 5.82 Å². The van der Waals surface area contributed by atoms with Crippen molar-refractivity contribution in [1.29, 1.82) is 0 Å². The Kier molecular flexibility index (Phi) is 2.12. The monoisotopic (exact) mass is 155 g/mol. The van der Waals surface area contributed by atoms with E-state index in [1.807, 2.05) is 18.5 Å². The van der Waals surface area contributed by atoms with Crippen LogP contribution in [0.5, 0.6) is 0 Å². The molecule has 0 radical (unpaired) electrons. The van der Waals surface area contributed by atoms with Gasteiger partial charge in [0.15, 0.2) is 0 Å². The molecule has 1 heterocycles. The van der Waals surface area contributed by atoms with Crippen molar-refractivity contribution in [2.24, 2.45) is 7.05 Å². The quantitative estimate of drug-likeness (QED) is 0.610. The van der Waals surface area contributed by atoms with E-state index in [-0.39, 0.29) is 5.69 Å². The third-order valence-corrected chi connectivity index (χ3v) is 1.78. The summed E-state index contributed by atoms with van der Waals surface area (Å²) in [4.78, 5) is 14.9. The Morgan fingerprint density at radius 3 is 2.45 bits per heavy atom. The number of hydrogen-bond donors (Lipinski definition) is 0. The van der Waals surface area contributed by atoms with Gasteiger partial charge in [-0.05, 0) is 6.92 Å². The van der Waals surface area contributed by atoms with Crippen LogP contribution in [0, 0.1) is 0 Å². The van der Waals surface area contributed by atoms with Crippen molar-refractivity contribution in [2.75, 3.05) is 0 Å². The van der Waals surface area contributed by atoms with Gasteiger partial charge in [0.2, 0.25) is 0 Å². The molecule has 4 heteroatoms. The van der Waals surface area contributed by atoms with Gasteiger partial charge < -0.3 is 0 Å². The SMILES string of the molecule is CCc1nc(=O)n(C)n1CC. The molecule has 0 saturated heterocycles. The van der Waals surface area contributed by atoms with Crippen molar-refractivity contribution in [2.45, 2.75) is 26.8 Å². The van der Waals surface area contributed by atoms with Crippen LogP contribution in [-0.2, 0) is 20.0 Å². The highest BCUT2D eigenvalue weighted by molar-refractivity contribution is 4.84. The smallest absolute Gasteiger partial charge is 0.268 e. The number of rotatable bonds is 2. The summed E-state index contributed by atoms with van der Waals surface area (Å²) in [6.07, 6.45) is 0.809. The third-order valence-electron chi connectivity index (χ3n) is 1.78. The van der Waals surface area contributed by atoms with Gasteiger partial charge in [0.05, 0.1) is 0 Å². The first-order valence-corrected chi connectivity index (χ1v) is 3.83. The van der Waals surface area contributed by atoms with Crippen LogP contribution < -0.4 is 5.69 Å². The molecule has 0 aliphatic rings. The summed E-state index contributed by atoms with van der Waals surface area (Å²) in [5, 5.41) is 0. The van der Waals surface area contributed by atoms with Crippen LogP contribution in [0.3, 0.4) is 0 Å². The van der Waals surface area contributed by atoms with Gasteiger partial charge in [-0.3, -0.25) is 4.68 Å². The van der Waals surface area contributed by atoms with Gasteiger partial charge >= 0.3 is 5.69 Å². The Balaban J connectivity index is 3.26. The molecule has 0 atom stereocenters. The Hall–Kier alpha value is -1.06. The summed E-state index contributed by atoms with van der Waals surface area (Å²) in [7, 11) is 1.73. The summed E-state index contributed by atoms with van der Waals surface area (Å²) in [5.74, 6) is 0.861. The Bertz CT molecular complexity index is 297. The van der Waals surface area contributed by atoms with Crippen LogP contribution >= 0.6 is 0 Å². The van der Waals surface area contributed by atoms with Gasteiger partial charge in [-0.2, -0.15) is 4.98 Å². The molecular weight excluding hydrogens is 142 g/mol. The summed E-state index contributed by atoms with van der Waals surface area (Å²) in [6.45, 7) is 4.79. The van der Waals surface area contributed by atoms with Gasteiger partial charge in [-0.1, -0.05) is 6.92 Å². The maximum atomic E-state index is 11.0. The van der Waals surface area contributed by atoms with Crippen LogP contribution in [-0.4, -0.2) is 14.3 Å². The summed E-state index contributed by atoms with van der Waals surface area (Å²) in [6, 6.07) is 0. The Labute approximate surface area is 65.5 Å². The predicted molar refractivity (Wildman–Crippen MR) is 42.5 cm³/mol. The minimum atomic E-state index is -0.163. The lowest BCUT2D eigenvalue weighted by molar-refractivity contribution is 0.504. The number of aromatic nitrogens is 3. The molecule has 0 unspecified atom stereocenters. The van der Waals surface area contributed by atoms with E-state index in [2.05, 4.69) is 4.98 Å². The lowest BCUT2D eigenvalue weighted by atomic mass is 10.4. The molecular formula is C7H13N3O. The second-order valence-electron chi connectivity index (χ2n) is 2.40. The molecule has 0 spiro atoms. The Morgan fingerprint density at radius 1 is 1.45 bits per heavy atom. The molecule has 0 saturated carbocycles. The fourth-order valence-electron chi connectivity index (χ4n) is 1.17. The fraction of sp³-hybridized carbons (Fsp3) is 0.714. The Morgan fingerprint density at radius 2 is 2.09 bits per heavy atom. The standard InChI is InChI=1S/C7H13N3O/c1-4-6-8-7(11)9(3)10(6)5-2/h4-5H2,1-3H3. The van der Waals surface area contributed by atoms with Crippen LogP contribution in [0.15, 0.2) is 4.79 Å². The lowest BCUT2D eigenvalue weighted by Gasteiger charge is -2.04. The van der Waals surface area contributed by atoms with Crippen LogP contribution in [0.2, 0.25) is 0 Å². The molecule has 4 nitrogen and oxygen atoms in total. The molecule has 0 bridgehead atoms. The minimum absolute atomic E-state index is 0.163. The van der Waals surface area contributed by atoms with E-state index in [0.717, 1.165) is 18.8 Å². The molecule has 0 amide bonds. The van der Waals surface area contributed by atoms with E-state index < -0.39 is 0 Å². The first-order valence-electron chi connectivity index (χ1n) is 3.83. The first kappa shape index (κ1) is 8.04. The van der Waals surface area contributed by atoms with Crippen molar-refractivity contribution in [1.82, 2.24) is 14.3 Å². The molecule has 1 aromatic rings. The second-order valence-corrected chi connectivity index (χ2v) is 2.40. The van der Waals surface area contributed by atoms with E-state index >= 15 is 0 Å². The minimum Gasteiger partial charge on any atom is -0.268 e. The van der Waals surface area contributed by atoms with Gasteiger partial charge in [-0.15, -0.1) is 0 Å². The van der Waals surface area contributed by atoms with Crippen LogP contribution in [0.1, 0.15) is 19.7 Å². The molecule has 0 aromatic carbocycles. The molecule has 11 heavy (non-hydrogen) atoms. The zero-order valence-electron chi connectivity index (χ0n) is 7.16. The van der Waals surface area contributed by atoms with Crippen molar-refractivity contribution in [3.05, 3.63) is 16.3 Å². The van der Waals surface area contributed by atoms with Crippen LogP contribution in [0.4, 0.5) is 0 Å². The zero-order valence-corrected chi connectivity index (χ0v) is 7.16. The number of nitrogens with zero attached hydrogens (tertiary/aromatic N) is 3. The maximum absolute atomic E-state index is 11.0. The van der Waals surface area contributed by atoms with Crippen molar-refractivity contribution >= 4 is 0 Å². The molecule has 1 rings (SSSR count). The van der Waals surface area contributed by atoms with Crippen molar-refractivity contribution in [3.8, 4) is 0 Å². The number of aryl methyl sites for hydroxylation is 1. The second kappa shape index (κ2) is 2.90. The highest BCUT2D eigenvalue weighted by Crippen LogP contribution is 1.92. The molecule has 62 valence electrons. The van der Waals surface area contributed by atoms with E-state index in [0.29, 0.717) is 0 Å². The van der Waals surface area contributed by atoms with Gasteiger partial charge in [-0.25, -0.2) is 9.48 Å². The highest BCUT2D eigenvalue weighted by atomic mass is 16.2. The topological polar surface area (TPSA) is 39.8 Å². The summed E-state index contributed by atoms with van der Waals surface area (Å²) >= 11 is 0. The largest absolute Gasteiger partial charge is 0.363 e. The van der Waals surface area contributed by atoms with E-state index in [1.165, 1.54) is 0 Å². The molecule has 0 aliphatic carbocycles. The van der Waals surface area contributed by atoms with Crippen LogP contribution in [0.25, 0.3) is 0 Å². The first-order chi connectivity index (χ1) is 5.20.